The van der Waals surface area contributed by atoms with E-state index < -0.39 is 0 Å². The summed E-state index contributed by atoms with van der Waals surface area (Å²) in [6, 6.07) is 5.83. The molecule has 1 heterocycles. The molecule has 24 heavy (non-hydrogen) atoms. The van der Waals surface area contributed by atoms with Gasteiger partial charge in [-0.05, 0) is 31.9 Å². The molecular weight excluding hydrogens is 328 g/mol. The van der Waals surface area contributed by atoms with Crippen LogP contribution >= 0.6 is 11.8 Å². The van der Waals surface area contributed by atoms with Crippen molar-refractivity contribution in [3.63, 3.8) is 0 Å². The number of aromatic amines is 1. The van der Waals surface area contributed by atoms with E-state index in [4.69, 9.17) is 9.47 Å². The number of nitrogens with one attached hydrogen (secondary N) is 2. The molecule has 3 rings (SSSR count). The average Bonchev–Trinajstić information content (AvgIpc) is 3.29. The molecule has 0 radical (unpaired) electrons. The van der Waals surface area contributed by atoms with E-state index in [0.29, 0.717) is 28.5 Å². The second kappa shape index (κ2) is 7.12. The standard InChI is InChI=1S/C16H20N4O3S/c1-9(15(21)17-10-4-5-10)24-16-18-14(19-20-16)12-7-6-11(22-2)8-13(12)23-3/h6-10H,4-5H2,1-3H3,(H,17,21)(H,18,19,20)/t9-/m0/s1. The molecule has 0 spiro atoms. The molecule has 1 aromatic carbocycles. The van der Waals surface area contributed by atoms with E-state index in [9.17, 15) is 4.79 Å². The maximum absolute atomic E-state index is 12.0. The predicted molar refractivity (Wildman–Crippen MR) is 91.4 cm³/mol. The Morgan fingerprint density at radius 3 is 2.83 bits per heavy atom. The molecule has 1 fully saturated rings. The molecule has 1 amide bonds. The van der Waals surface area contributed by atoms with Gasteiger partial charge in [-0.3, -0.25) is 9.89 Å². The minimum Gasteiger partial charge on any atom is -0.497 e. The zero-order valence-electron chi connectivity index (χ0n) is 13.8. The highest BCUT2D eigenvalue weighted by atomic mass is 32.2. The van der Waals surface area contributed by atoms with Crippen molar-refractivity contribution in [2.24, 2.45) is 0 Å². The molecule has 2 aromatic rings. The number of carbonyl (C=O) groups is 1. The number of ether oxygens (including phenoxy) is 2. The molecule has 1 aromatic heterocycles. The molecule has 0 aliphatic heterocycles. The fraction of sp³-hybridized carbons (Fsp3) is 0.438. The molecule has 1 aliphatic carbocycles. The van der Waals surface area contributed by atoms with Crippen LogP contribution in [0.5, 0.6) is 11.5 Å². The molecule has 1 atom stereocenters. The van der Waals surface area contributed by atoms with Crippen molar-refractivity contribution in [2.45, 2.75) is 36.2 Å². The van der Waals surface area contributed by atoms with Gasteiger partial charge in [0.15, 0.2) is 5.82 Å². The van der Waals surface area contributed by atoms with Crippen LogP contribution in [0.4, 0.5) is 0 Å². The van der Waals surface area contributed by atoms with Crippen LogP contribution < -0.4 is 14.8 Å². The molecule has 0 saturated heterocycles. The van der Waals surface area contributed by atoms with Gasteiger partial charge in [0.25, 0.3) is 0 Å². The normalized spacial score (nSPS) is 15.0. The van der Waals surface area contributed by atoms with Crippen LogP contribution in [0.1, 0.15) is 19.8 Å². The van der Waals surface area contributed by atoms with Crippen LogP contribution in [0.25, 0.3) is 11.4 Å². The number of hydrogen-bond donors (Lipinski definition) is 2. The monoisotopic (exact) mass is 348 g/mol. The van der Waals surface area contributed by atoms with Crippen molar-refractivity contribution in [3.05, 3.63) is 18.2 Å². The first-order valence-electron chi connectivity index (χ1n) is 7.72. The van der Waals surface area contributed by atoms with E-state index in [1.54, 1.807) is 20.3 Å². The summed E-state index contributed by atoms with van der Waals surface area (Å²) in [7, 11) is 3.19. The third-order valence-corrected chi connectivity index (χ3v) is 4.66. The summed E-state index contributed by atoms with van der Waals surface area (Å²) >= 11 is 1.33. The second-order valence-corrected chi connectivity index (χ2v) is 6.88. The lowest BCUT2D eigenvalue weighted by atomic mass is 10.2. The van der Waals surface area contributed by atoms with Gasteiger partial charge in [-0.15, -0.1) is 5.10 Å². The molecule has 2 N–H and O–H groups in total. The SMILES string of the molecule is COc1ccc(-c2nc(S[C@@H](C)C(=O)NC3CC3)n[nH]2)c(OC)c1. The van der Waals surface area contributed by atoms with E-state index in [-0.39, 0.29) is 11.2 Å². The summed E-state index contributed by atoms with van der Waals surface area (Å²) < 4.78 is 10.6. The van der Waals surface area contributed by atoms with Crippen molar-refractivity contribution in [1.29, 1.82) is 0 Å². The summed E-state index contributed by atoms with van der Waals surface area (Å²) in [4.78, 5) is 16.5. The molecule has 1 saturated carbocycles. The molecule has 128 valence electrons. The van der Waals surface area contributed by atoms with Crippen molar-refractivity contribution < 1.29 is 14.3 Å². The van der Waals surface area contributed by atoms with Crippen molar-refractivity contribution >= 4 is 17.7 Å². The summed E-state index contributed by atoms with van der Waals surface area (Å²) in [5.41, 5.74) is 0.785. The Labute approximate surface area is 144 Å². The number of hydrogen-bond acceptors (Lipinski definition) is 6. The first-order valence-corrected chi connectivity index (χ1v) is 8.60. The first kappa shape index (κ1) is 16.6. The highest BCUT2D eigenvalue weighted by molar-refractivity contribution is 8.00. The average molecular weight is 348 g/mol. The number of nitrogens with zero attached hydrogens (tertiary/aromatic N) is 2. The number of benzene rings is 1. The highest BCUT2D eigenvalue weighted by Gasteiger charge is 2.26. The second-order valence-electron chi connectivity index (χ2n) is 5.58. The van der Waals surface area contributed by atoms with Crippen LogP contribution in [0, 0.1) is 0 Å². The highest BCUT2D eigenvalue weighted by Crippen LogP contribution is 2.32. The summed E-state index contributed by atoms with van der Waals surface area (Å²) in [5, 5.41) is 10.4. The molecule has 0 unspecified atom stereocenters. The lowest BCUT2D eigenvalue weighted by Crippen LogP contribution is -2.32. The molecule has 7 nitrogen and oxygen atoms in total. The Morgan fingerprint density at radius 2 is 2.17 bits per heavy atom. The Hall–Kier alpha value is -2.22. The lowest BCUT2D eigenvalue weighted by Gasteiger charge is -2.09. The van der Waals surface area contributed by atoms with Gasteiger partial charge < -0.3 is 14.8 Å². The third kappa shape index (κ3) is 3.81. The maximum Gasteiger partial charge on any atom is 0.233 e. The number of rotatable bonds is 7. The number of amides is 1. The smallest absolute Gasteiger partial charge is 0.233 e. The summed E-state index contributed by atoms with van der Waals surface area (Å²) in [5.74, 6) is 1.96. The third-order valence-electron chi connectivity index (χ3n) is 3.70. The zero-order chi connectivity index (χ0) is 17.1. The van der Waals surface area contributed by atoms with E-state index in [0.717, 1.165) is 18.4 Å². The van der Waals surface area contributed by atoms with E-state index in [1.807, 2.05) is 19.1 Å². The van der Waals surface area contributed by atoms with Gasteiger partial charge in [0.2, 0.25) is 11.1 Å². The van der Waals surface area contributed by atoms with Crippen molar-refractivity contribution in [3.8, 4) is 22.9 Å². The lowest BCUT2D eigenvalue weighted by molar-refractivity contribution is -0.120. The van der Waals surface area contributed by atoms with E-state index >= 15 is 0 Å². The van der Waals surface area contributed by atoms with Gasteiger partial charge in [-0.1, -0.05) is 11.8 Å². The molecular formula is C16H20N4O3S. The van der Waals surface area contributed by atoms with Crippen molar-refractivity contribution in [1.82, 2.24) is 20.5 Å². The Balaban J connectivity index is 1.71. The Morgan fingerprint density at radius 1 is 1.38 bits per heavy atom. The van der Waals surface area contributed by atoms with Crippen molar-refractivity contribution in [2.75, 3.05) is 14.2 Å². The predicted octanol–water partition coefficient (Wildman–Crippen LogP) is 2.25. The maximum atomic E-state index is 12.0. The number of H-pyrrole nitrogens is 1. The topological polar surface area (TPSA) is 89.1 Å². The molecule has 0 bridgehead atoms. The molecule has 8 heteroatoms. The van der Waals surface area contributed by atoms with Gasteiger partial charge in [0.05, 0.1) is 25.0 Å². The largest absolute Gasteiger partial charge is 0.497 e. The summed E-state index contributed by atoms with van der Waals surface area (Å²) in [6.45, 7) is 1.85. The van der Waals surface area contributed by atoms with Crippen LogP contribution in [0.2, 0.25) is 0 Å². The molecule has 1 aliphatic rings. The Kier molecular flexibility index (Phi) is 4.94. The minimum absolute atomic E-state index is 0.0240. The first-order chi connectivity index (χ1) is 11.6. The van der Waals surface area contributed by atoms with Gasteiger partial charge in [0.1, 0.15) is 11.5 Å². The van der Waals surface area contributed by atoms with Gasteiger partial charge in [0, 0.05) is 12.1 Å². The number of carbonyl (C=O) groups excluding carboxylic acids is 1. The van der Waals surface area contributed by atoms with Gasteiger partial charge >= 0.3 is 0 Å². The van der Waals surface area contributed by atoms with E-state index in [2.05, 4.69) is 20.5 Å². The zero-order valence-corrected chi connectivity index (χ0v) is 14.6. The quantitative estimate of drug-likeness (QED) is 0.746. The minimum atomic E-state index is -0.244. The van der Waals surface area contributed by atoms with Crippen LogP contribution in [-0.2, 0) is 4.79 Å². The number of aromatic nitrogens is 3. The van der Waals surface area contributed by atoms with Gasteiger partial charge in [-0.25, -0.2) is 4.98 Å². The van der Waals surface area contributed by atoms with Crippen LogP contribution in [0.15, 0.2) is 23.4 Å². The number of thioether (sulfide) groups is 1. The van der Waals surface area contributed by atoms with Gasteiger partial charge in [-0.2, -0.15) is 0 Å². The Bertz CT molecular complexity index is 730. The fourth-order valence-electron chi connectivity index (χ4n) is 2.17. The fourth-order valence-corrected chi connectivity index (χ4v) is 2.91. The number of methoxy groups -OCH3 is 2. The summed E-state index contributed by atoms with van der Waals surface area (Å²) in [6.07, 6.45) is 2.15. The van der Waals surface area contributed by atoms with E-state index in [1.165, 1.54) is 11.8 Å². The van der Waals surface area contributed by atoms with Crippen LogP contribution in [0.3, 0.4) is 0 Å². The van der Waals surface area contributed by atoms with Crippen LogP contribution in [-0.4, -0.2) is 46.6 Å².